The summed E-state index contributed by atoms with van der Waals surface area (Å²) in [5.74, 6) is -0.315. The molecule has 6 heteroatoms. The number of hydrogen-bond donors (Lipinski definition) is 0. The topological polar surface area (TPSA) is 12.4 Å². The van der Waals surface area contributed by atoms with Crippen LogP contribution in [0.3, 0.4) is 0 Å². The number of rotatable bonds is 5. The number of hydrogen-bond acceptors (Lipinski definition) is 2. The predicted octanol–water partition coefficient (Wildman–Crippen LogP) is 7.58. The van der Waals surface area contributed by atoms with Crippen molar-refractivity contribution in [2.24, 2.45) is 4.99 Å². The number of halogens is 4. The normalized spacial score (nSPS) is 12.5. The van der Waals surface area contributed by atoms with Crippen molar-refractivity contribution in [1.82, 2.24) is 0 Å². The Balaban J connectivity index is 1.91. The first-order chi connectivity index (χ1) is 13.8. The maximum atomic E-state index is 13.0. The lowest BCUT2D eigenvalue weighted by Gasteiger charge is -2.08. The minimum atomic E-state index is -4.39. The van der Waals surface area contributed by atoms with E-state index in [9.17, 15) is 17.6 Å². The Labute approximate surface area is 170 Å². The lowest BCUT2D eigenvalue weighted by Crippen LogP contribution is -2.05. The third kappa shape index (κ3) is 6.06. The third-order valence-electron chi connectivity index (χ3n) is 4.00. The van der Waals surface area contributed by atoms with Crippen molar-refractivity contribution in [2.75, 3.05) is 0 Å². The number of nitrogens with zero attached hydrogens (tertiary/aromatic N) is 1. The van der Waals surface area contributed by atoms with Gasteiger partial charge in [-0.3, -0.25) is 0 Å². The SMILES string of the molecule is Cc1cccc(N=C(/C=C/Sc2ccc(F)cc2)c2ccc(C(F)(F)F)cc2)c1. The Morgan fingerprint density at radius 1 is 0.931 bits per heavy atom. The largest absolute Gasteiger partial charge is 0.416 e. The van der Waals surface area contributed by atoms with Crippen LogP contribution >= 0.6 is 11.8 Å². The fraction of sp³-hybridized carbons (Fsp3) is 0.0870. The van der Waals surface area contributed by atoms with Crippen LogP contribution in [0, 0.1) is 12.7 Å². The quantitative estimate of drug-likeness (QED) is 0.238. The summed E-state index contributed by atoms with van der Waals surface area (Å²) in [5, 5.41) is 1.78. The van der Waals surface area contributed by atoms with Gasteiger partial charge in [0.1, 0.15) is 5.82 Å². The Morgan fingerprint density at radius 2 is 1.62 bits per heavy atom. The first kappa shape index (κ1) is 20.9. The lowest BCUT2D eigenvalue weighted by atomic mass is 10.1. The van der Waals surface area contributed by atoms with E-state index in [0.29, 0.717) is 17.0 Å². The van der Waals surface area contributed by atoms with Crippen LogP contribution in [0.25, 0.3) is 0 Å². The van der Waals surface area contributed by atoms with Gasteiger partial charge in [-0.2, -0.15) is 13.2 Å². The minimum absolute atomic E-state index is 0.315. The highest BCUT2D eigenvalue weighted by molar-refractivity contribution is 8.02. The van der Waals surface area contributed by atoms with Gasteiger partial charge in [-0.05, 0) is 72.5 Å². The summed E-state index contributed by atoms with van der Waals surface area (Å²) in [4.78, 5) is 5.44. The molecule has 0 aliphatic heterocycles. The van der Waals surface area contributed by atoms with Gasteiger partial charge in [-0.1, -0.05) is 36.0 Å². The van der Waals surface area contributed by atoms with Gasteiger partial charge >= 0.3 is 6.18 Å². The Kier molecular flexibility index (Phi) is 6.54. The summed E-state index contributed by atoms with van der Waals surface area (Å²) < 4.78 is 51.6. The second-order valence-electron chi connectivity index (χ2n) is 6.29. The van der Waals surface area contributed by atoms with E-state index in [1.54, 1.807) is 23.6 Å². The van der Waals surface area contributed by atoms with Crippen LogP contribution in [0.15, 0.2) is 94.2 Å². The smallest absolute Gasteiger partial charge is 0.248 e. The van der Waals surface area contributed by atoms with Crippen LogP contribution in [0.1, 0.15) is 16.7 Å². The summed E-state index contributed by atoms with van der Waals surface area (Å²) >= 11 is 1.37. The molecule has 3 aromatic rings. The molecule has 29 heavy (non-hydrogen) atoms. The maximum Gasteiger partial charge on any atom is 0.416 e. The van der Waals surface area contributed by atoms with Gasteiger partial charge in [0.2, 0.25) is 0 Å². The molecule has 3 rings (SSSR count). The average Bonchev–Trinajstić information content (AvgIpc) is 2.68. The average molecular weight is 415 g/mol. The van der Waals surface area contributed by atoms with E-state index < -0.39 is 11.7 Å². The first-order valence-corrected chi connectivity index (χ1v) is 9.61. The highest BCUT2D eigenvalue weighted by atomic mass is 32.2. The van der Waals surface area contributed by atoms with Crippen molar-refractivity contribution in [3.8, 4) is 0 Å². The molecule has 0 saturated heterocycles. The van der Waals surface area contributed by atoms with Gasteiger partial charge in [0.15, 0.2) is 0 Å². The Bertz CT molecular complexity index is 1020. The van der Waals surface area contributed by atoms with Gasteiger partial charge in [0.25, 0.3) is 0 Å². The van der Waals surface area contributed by atoms with Crippen molar-refractivity contribution >= 4 is 23.2 Å². The lowest BCUT2D eigenvalue weighted by molar-refractivity contribution is -0.137. The van der Waals surface area contributed by atoms with Crippen LogP contribution in [0.4, 0.5) is 23.2 Å². The standard InChI is InChI=1S/C23H17F4NS/c1-16-3-2-4-20(15-16)28-22(13-14-29-21-11-9-19(24)10-12-21)17-5-7-18(8-6-17)23(25,26)27/h2-15H,1H3/b14-13+,28-22?. The van der Waals surface area contributed by atoms with Gasteiger partial charge in [-0.25, -0.2) is 9.38 Å². The molecule has 0 unspecified atom stereocenters. The van der Waals surface area contributed by atoms with Crippen molar-refractivity contribution < 1.29 is 17.6 Å². The first-order valence-electron chi connectivity index (χ1n) is 8.73. The molecular weight excluding hydrogens is 398 g/mol. The van der Waals surface area contributed by atoms with Gasteiger partial charge in [0.05, 0.1) is 17.0 Å². The van der Waals surface area contributed by atoms with E-state index in [2.05, 4.69) is 4.99 Å². The summed E-state index contributed by atoms with van der Waals surface area (Å²) in [5.41, 5.74) is 2.12. The molecule has 0 spiro atoms. The molecule has 0 fully saturated rings. The van der Waals surface area contributed by atoms with Crippen LogP contribution in [-0.4, -0.2) is 5.71 Å². The number of allylic oxidation sites excluding steroid dienone is 1. The van der Waals surface area contributed by atoms with Crippen molar-refractivity contribution in [1.29, 1.82) is 0 Å². The fourth-order valence-electron chi connectivity index (χ4n) is 2.55. The zero-order valence-electron chi connectivity index (χ0n) is 15.5. The Hall–Kier alpha value is -2.86. The molecule has 0 aliphatic rings. The molecule has 0 amide bonds. The molecule has 0 aromatic heterocycles. The molecule has 0 radical (unpaired) electrons. The summed E-state index contributed by atoms with van der Waals surface area (Å²) in [6, 6.07) is 18.5. The second-order valence-corrected chi connectivity index (χ2v) is 7.26. The monoisotopic (exact) mass is 415 g/mol. The van der Waals surface area contributed by atoms with Gasteiger partial charge < -0.3 is 0 Å². The van der Waals surface area contributed by atoms with Crippen LogP contribution in [-0.2, 0) is 6.18 Å². The maximum absolute atomic E-state index is 13.0. The number of aryl methyl sites for hydroxylation is 1. The summed E-state index contributed by atoms with van der Waals surface area (Å²) in [6.07, 6.45) is -2.65. The minimum Gasteiger partial charge on any atom is -0.248 e. The summed E-state index contributed by atoms with van der Waals surface area (Å²) in [7, 11) is 0. The third-order valence-corrected chi connectivity index (χ3v) is 4.82. The zero-order chi connectivity index (χ0) is 20.9. The molecule has 0 atom stereocenters. The van der Waals surface area contributed by atoms with E-state index in [1.807, 2.05) is 31.2 Å². The van der Waals surface area contributed by atoms with E-state index in [1.165, 1.54) is 36.0 Å². The van der Waals surface area contributed by atoms with Crippen LogP contribution < -0.4 is 0 Å². The predicted molar refractivity (Wildman–Crippen MR) is 110 cm³/mol. The van der Waals surface area contributed by atoms with E-state index >= 15 is 0 Å². The van der Waals surface area contributed by atoms with E-state index in [0.717, 1.165) is 22.6 Å². The number of benzene rings is 3. The zero-order valence-corrected chi connectivity index (χ0v) is 16.3. The van der Waals surface area contributed by atoms with E-state index in [4.69, 9.17) is 0 Å². The fourth-order valence-corrected chi connectivity index (χ4v) is 3.20. The molecule has 0 aliphatic carbocycles. The highest BCUT2D eigenvalue weighted by Gasteiger charge is 2.30. The van der Waals surface area contributed by atoms with Crippen molar-refractivity contribution in [3.63, 3.8) is 0 Å². The molecule has 148 valence electrons. The molecule has 0 bridgehead atoms. The Morgan fingerprint density at radius 3 is 2.24 bits per heavy atom. The molecule has 1 nitrogen and oxygen atoms in total. The van der Waals surface area contributed by atoms with Crippen molar-refractivity contribution in [3.05, 3.63) is 107 Å². The van der Waals surface area contributed by atoms with Crippen LogP contribution in [0.5, 0.6) is 0 Å². The second kappa shape index (κ2) is 9.09. The molecule has 3 aromatic carbocycles. The molecule has 0 heterocycles. The number of alkyl halides is 3. The number of thioether (sulfide) groups is 1. The molecular formula is C23H17F4NS. The molecule has 0 saturated carbocycles. The van der Waals surface area contributed by atoms with Gasteiger partial charge in [0, 0.05) is 10.5 Å². The summed E-state index contributed by atoms with van der Waals surface area (Å²) in [6.45, 7) is 1.94. The number of aliphatic imine (C=N–C) groups is 1. The van der Waals surface area contributed by atoms with Crippen molar-refractivity contribution in [2.45, 2.75) is 18.0 Å². The van der Waals surface area contributed by atoms with Gasteiger partial charge in [-0.15, -0.1) is 0 Å². The highest BCUT2D eigenvalue weighted by Crippen LogP contribution is 2.29. The van der Waals surface area contributed by atoms with E-state index in [-0.39, 0.29) is 5.82 Å². The molecule has 0 N–H and O–H groups in total. The van der Waals surface area contributed by atoms with Crippen LogP contribution in [0.2, 0.25) is 0 Å².